The van der Waals surface area contributed by atoms with Crippen LogP contribution in [-0.4, -0.2) is 161 Å². The number of amides is 7. The zero-order valence-corrected chi connectivity index (χ0v) is 42.5. The van der Waals surface area contributed by atoms with Crippen LogP contribution >= 0.6 is 25.3 Å². The molecule has 1 aliphatic rings. The number of carbonyl (C=O) groups excluding carboxylic acids is 7. The first-order valence-corrected chi connectivity index (χ1v) is 24.6. The van der Waals surface area contributed by atoms with Gasteiger partial charge in [0.2, 0.25) is 41.4 Å². The number of carboxylic acid groups (broad SMARTS) is 2. The maximum atomic E-state index is 14.4. The number of guanidine groups is 1. The minimum atomic E-state index is -1.54. The molecule has 0 unspecified atom stereocenters. The molecule has 3 aromatic rings. The SMILES string of the molecule is CC(C)(S)[C@@H](NC(=O)[C@H](CCCN=C(N)N)NC(=O)[C@@H](N)CC(=O)O)C(=O)N[C@@H](Cc1ccc(O)cc1)C(=O)N[C@@H](CS)C(=O)N[C@@H](Cc1cnc[nH]1)C(=O)N1CCC[C@H]1C(=O)N[C@@H](Cc1ccccc1)C(=O)O. The van der Waals surface area contributed by atoms with Crippen molar-refractivity contribution in [3.8, 4) is 5.75 Å². The molecule has 25 nitrogen and oxygen atoms in total. The maximum Gasteiger partial charge on any atom is 0.326 e. The minimum Gasteiger partial charge on any atom is -0.508 e. The van der Waals surface area contributed by atoms with Gasteiger partial charge in [0.05, 0.1) is 18.8 Å². The van der Waals surface area contributed by atoms with Gasteiger partial charge in [-0.1, -0.05) is 42.5 Å². The molecule has 2 heterocycles. The lowest BCUT2D eigenvalue weighted by Gasteiger charge is -2.33. The number of aromatic nitrogens is 2. The molecule has 8 atom stereocenters. The van der Waals surface area contributed by atoms with Crippen molar-refractivity contribution in [1.82, 2.24) is 46.8 Å². The number of phenolic OH excluding ortho intramolecular Hbond substituents is 1. The number of hydrogen-bond donors (Lipinski definition) is 15. The number of likely N-dealkylation sites (tertiary alicyclic amines) is 1. The van der Waals surface area contributed by atoms with Crippen molar-refractivity contribution in [3.63, 3.8) is 0 Å². The summed E-state index contributed by atoms with van der Waals surface area (Å²) >= 11 is 8.89. The number of carbonyl (C=O) groups is 9. The van der Waals surface area contributed by atoms with Crippen LogP contribution in [0.3, 0.4) is 0 Å². The summed E-state index contributed by atoms with van der Waals surface area (Å²) in [6, 6.07) is 3.22. The third-order valence-electron chi connectivity index (χ3n) is 11.7. The number of nitrogens with one attached hydrogen (secondary N) is 7. The Balaban J connectivity index is 1.56. The number of H-pyrrole nitrogens is 1. The lowest BCUT2D eigenvalue weighted by molar-refractivity contribution is -0.145. The van der Waals surface area contributed by atoms with Crippen LogP contribution in [0.25, 0.3) is 0 Å². The molecule has 0 spiro atoms. The Morgan fingerprint density at radius 1 is 0.784 bits per heavy atom. The topological polar surface area (TPSA) is 409 Å². The third kappa shape index (κ3) is 18.6. The summed E-state index contributed by atoms with van der Waals surface area (Å²) in [7, 11) is 0. The quantitative estimate of drug-likeness (QED) is 0.0156. The van der Waals surface area contributed by atoms with Gasteiger partial charge >= 0.3 is 11.9 Å². The standard InChI is InChI=1S/C47H65N13O12S2/c1-47(2,74)37(59-39(65)30(10-6-16-52-46(49)50)54-38(64)29(48)21-36(62)63)43(69)55-31(18-26-12-14-28(61)15-13-26)40(66)58-34(23-73)41(67)56-32(20-27-22-51-24-53-27)44(70)60-17-7-11-35(60)42(68)57-33(45(71)72)19-25-8-4-3-5-9-25/h3-5,8-9,12-15,22,24,29-35,37,61,73-74H,6-7,10-11,16-21,23,48H2,1-2H3,(H,51,53)(H,54,64)(H,55,69)(H,56,67)(H,57,68)(H,58,66)(H,59,65)(H,62,63)(H,71,72)(H4,49,50,52)/t29-,30-,31-,32-,33-,34-,35-,37-/m0/s1. The van der Waals surface area contributed by atoms with Gasteiger partial charge in [-0.25, -0.2) is 9.78 Å². The summed E-state index contributed by atoms with van der Waals surface area (Å²) in [6.45, 7) is 3.12. The highest BCUT2D eigenvalue weighted by Gasteiger charge is 2.41. The molecule has 1 aromatic heterocycles. The van der Waals surface area contributed by atoms with E-state index in [1.165, 1.54) is 55.5 Å². The van der Waals surface area contributed by atoms with Crippen LogP contribution in [-0.2, 0) is 62.4 Å². The molecule has 0 bridgehead atoms. The van der Waals surface area contributed by atoms with Crippen LogP contribution in [0.1, 0.15) is 62.8 Å². The van der Waals surface area contributed by atoms with Gasteiger partial charge in [-0.2, -0.15) is 25.3 Å². The predicted molar refractivity (Wildman–Crippen MR) is 275 cm³/mol. The summed E-state index contributed by atoms with van der Waals surface area (Å²) in [4.78, 5) is 133. The lowest BCUT2D eigenvalue weighted by Crippen LogP contribution is -2.63. The van der Waals surface area contributed by atoms with Gasteiger partial charge in [-0.3, -0.25) is 43.3 Å². The predicted octanol–water partition coefficient (Wildman–Crippen LogP) is -2.38. The number of aliphatic imine (C=N–C) groups is 1. The Labute approximate surface area is 437 Å². The van der Waals surface area contributed by atoms with Gasteiger partial charge in [-0.05, 0) is 62.8 Å². The number of aromatic amines is 1. The Morgan fingerprint density at radius 2 is 1.38 bits per heavy atom. The van der Waals surface area contributed by atoms with Crippen LogP contribution in [0.15, 0.2) is 72.1 Å². The molecule has 16 N–H and O–H groups in total. The van der Waals surface area contributed by atoms with Gasteiger partial charge in [0.15, 0.2) is 5.96 Å². The van der Waals surface area contributed by atoms with E-state index in [9.17, 15) is 53.4 Å². The number of carboxylic acids is 2. The number of aromatic hydroxyl groups is 1. The third-order valence-corrected chi connectivity index (χ3v) is 12.3. The maximum absolute atomic E-state index is 14.4. The second-order valence-electron chi connectivity index (χ2n) is 18.1. The van der Waals surface area contributed by atoms with E-state index in [0.29, 0.717) is 23.2 Å². The summed E-state index contributed by atoms with van der Waals surface area (Å²) in [5.74, 6) is -9.29. The van der Waals surface area contributed by atoms with Crippen molar-refractivity contribution < 1.29 is 58.5 Å². The average molecular weight is 1070 g/mol. The number of imidazole rings is 1. The fourth-order valence-electron chi connectivity index (χ4n) is 7.85. The van der Waals surface area contributed by atoms with E-state index in [-0.39, 0.29) is 69.1 Å². The molecular weight excluding hydrogens is 1000 g/mol. The first-order valence-electron chi connectivity index (χ1n) is 23.5. The summed E-state index contributed by atoms with van der Waals surface area (Å²) in [5.41, 5.74) is 18.1. The van der Waals surface area contributed by atoms with E-state index < -0.39 is 113 Å². The highest BCUT2D eigenvalue weighted by atomic mass is 32.1. The second-order valence-corrected chi connectivity index (χ2v) is 19.6. The van der Waals surface area contributed by atoms with E-state index in [4.69, 9.17) is 22.3 Å². The molecule has 1 saturated heterocycles. The van der Waals surface area contributed by atoms with Crippen LogP contribution in [0.4, 0.5) is 0 Å². The van der Waals surface area contributed by atoms with E-state index in [1.807, 2.05) is 0 Å². The normalized spacial score (nSPS) is 16.1. The van der Waals surface area contributed by atoms with Gasteiger partial charge in [0.1, 0.15) is 48.0 Å². The molecule has 0 aliphatic carbocycles. The van der Waals surface area contributed by atoms with Gasteiger partial charge in [0, 0.05) is 54.7 Å². The second kappa shape index (κ2) is 28.2. The van der Waals surface area contributed by atoms with Gasteiger partial charge in [0.25, 0.3) is 0 Å². The number of phenols is 1. The van der Waals surface area contributed by atoms with E-state index >= 15 is 0 Å². The fraction of sp³-hybridized carbons (Fsp3) is 0.468. The van der Waals surface area contributed by atoms with Crippen LogP contribution in [0, 0.1) is 0 Å². The Kier molecular flexibility index (Phi) is 22.5. The van der Waals surface area contributed by atoms with Crippen molar-refractivity contribution in [2.45, 2.75) is 118 Å². The van der Waals surface area contributed by atoms with Crippen molar-refractivity contribution in [2.75, 3.05) is 18.8 Å². The highest BCUT2D eigenvalue weighted by Crippen LogP contribution is 2.22. The molecule has 402 valence electrons. The van der Waals surface area contributed by atoms with Gasteiger partial charge in [-0.15, -0.1) is 0 Å². The number of hydrogen-bond acceptors (Lipinski definition) is 15. The molecule has 1 aliphatic heterocycles. The molecule has 7 amide bonds. The molecule has 27 heteroatoms. The molecule has 0 saturated carbocycles. The zero-order valence-electron chi connectivity index (χ0n) is 40.7. The first kappa shape index (κ1) is 59.2. The van der Waals surface area contributed by atoms with E-state index in [1.54, 1.807) is 30.3 Å². The molecule has 1 fully saturated rings. The van der Waals surface area contributed by atoms with Crippen molar-refractivity contribution in [2.24, 2.45) is 22.2 Å². The fourth-order valence-corrected chi connectivity index (χ4v) is 8.28. The molecular formula is C47H65N13O12S2. The Morgan fingerprint density at radius 3 is 1.97 bits per heavy atom. The van der Waals surface area contributed by atoms with E-state index in [2.05, 4.69) is 72.1 Å². The summed E-state index contributed by atoms with van der Waals surface area (Å²) < 4.78 is -1.37. The molecule has 0 radical (unpaired) electrons. The van der Waals surface area contributed by atoms with Crippen LogP contribution in [0.2, 0.25) is 0 Å². The van der Waals surface area contributed by atoms with Crippen molar-refractivity contribution in [1.29, 1.82) is 0 Å². The monoisotopic (exact) mass is 1070 g/mol. The van der Waals surface area contributed by atoms with Crippen LogP contribution in [0.5, 0.6) is 5.75 Å². The first-order chi connectivity index (χ1) is 35.0. The number of nitrogens with two attached hydrogens (primary N) is 3. The van der Waals surface area contributed by atoms with Gasteiger partial charge < -0.3 is 74.3 Å². The molecule has 4 rings (SSSR count). The average Bonchev–Trinajstić information content (AvgIpc) is 4.06. The van der Waals surface area contributed by atoms with E-state index in [0.717, 1.165) is 0 Å². The highest BCUT2D eigenvalue weighted by molar-refractivity contribution is 7.81. The number of benzene rings is 2. The molecule has 2 aromatic carbocycles. The smallest absolute Gasteiger partial charge is 0.326 e. The zero-order chi connectivity index (χ0) is 54.7. The number of nitrogens with zero attached hydrogens (tertiary/aromatic N) is 3. The van der Waals surface area contributed by atoms with Crippen molar-refractivity contribution in [3.05, 3.63) is 83.9 Å². The number of thiol groups is 2. The number of aliphatic carboxylic acids is 2. The minimum absolute atomic E-state index is 0.0125. The number of rotatable bonds is 28. The van der Waals surface area contributed by atoms with Crippen molar-refractivity contribution >= 4 is 84.5 Å². The lowest BCUT2D eigenvalue weighted by atomic mass is 9.99. The molecule has 74 heavy (non-hydrogen) atoms. The Hall–Kier alpha value is -7.39. The van der Waals surface area contributed by atoms with Crippen LogP contribution < -0.4 is 49.1 Å². The Bertz CT molecular complexity index is 2460. The largest absolute Gasteiger partial charge is 0.508 e. The summed E-state index contributed by atoms with van der Waals surface area (Å²) in [5, 5.41) is 44.5. The summed E-state index contributed by atoms with van der Waals surface area (Å²) in [6.07, 6.45) is 2.30.